The second kappa shape index (κ2) is 5.03. The van der Waals surface area contributed by atoms with Gasteiger partial charge in [-0.1, -0.05) is 31.2 Å². The lowest BCUT2D eigenvalue weighted by Gasteiger charge is -2.00. The van der Waals surface area contributed by atoms with Gasteiger partial charge in [0.25, 0.3) is 0 Å². The molecule has 1 heterocycles. The van der Waals surface area contributed by atoms with Crippen LogP contribution in [-0.4, -0.2) is 10.8 Å². The fourth-order valence-corrected chi connectivity index (χ4v) is 2.11. The van der Waals surface area contributed by atoms with Gasteiger partial charge >= 0.3 is 0 Å². The van der Waals surface area contributed by atoms with Crippen molar-refractivity contribution in [1.82, 2.24) is 4.98 Å². The van der Waals surface area contributed by atoms with Crippen molar-refractivity contribution < 1.29 is 4.79 Å². The molecule has 0 aliphatic rings. The van der Waals surface area contributed by atoms with Crippen molar-refractivity contribution in [2.75, 3.05) is 0 Å². The molecule has 0 bridgehead atoms. The van der Waals surface area contributed by atoms with Crippen molar-refractivity contribution in [3.05, 3.63) is 52.0 Å². The molecule has 0 spiro atoms. The van der Waals surface area contributed by atoms with Gasteiger partial charge in [-0.05, 0) is 12.0 Å². The number of hydrogen-bond donors (Lipinski definition) is 0. The Balaban J connectivity index is 2.09. The van der Waals surface area contributed by atoms with Gasteiger partial charge in [-0.25, -0.2) is 0 Å². The Morgan fingerprint density at radius 3 is 2.62 bits per heavy atom. The monoisotopic (exact) mass is 231 g/mol. The van der Waals surface area contributed by atoms with Crippen LogP contribution >= 0.6 is 11.3 Å². The lowest BCUT2D eigenvalue weighted by atomic mass is 10.0. The van der Waals surface area contributed by atoms with Crippen LogP contribution in [0.3, 0.4) is 0 Å². The summed E-state index contributed by atoms with van der Waals surface area (Å²) in [6.07, 6.45) is 3.21. The fraction of sp³-hybridized carbons (Fsp3) is 0.231. The molecule has 1 aromatic carbocycles. The Labute approximate surface area is 99.0 Å². The minimum Gasteiger partial charge on any atom is -0.294 e. The van der Waals surface area contributed by atoms with E-state index in [-0.39, 0.29) is 5.78 Å². The van der Waals surface area contributed by atoms with Crippen LogP contribution in [0, 0.1) is 0 Å². The summed E-state index contributed by atoms with van der Waals surface area (Å²) in [7, 11) is 0. The van der Waals surface area contributed by atoms with Crippen LogP contribution in [-0.2, 0) is 12.8 Å². The number of rotatable bonds is 4. The molecular weight excluding hydrogens is 218 g/mol. The Bertz CT molecular complexity index is 459. The van der Waals surface area contributed by atoms with Crippen LogP contribution in [0.1, 0.15) is 27.7 Å². The zero-order valence-corrected chi connectivity index (χ0v) is 9.96. The molecule has 16 heavy (non-hydrogen) atoms. The molecule has 0 unspecified atom stereocenters. The van der Waals surface area contributed by atoms with Crippen LogP contribution in [0.15, 0.2) is 36.0 Å². The molecule has 2 aromatic rings. The summed E-state index contributed by atoms with van der Waals surface area (Å²) in [4.78, 5) is 16.9. The second-order valence-electron chi connectivity index (χ2n) is 3.62. The Morgan fingerprint density at radius 2 is 2.06 bits per heavy atom. The lowest BCUT2D eigenvalue weighted by molar-refractivity contribution is 0.0994. The van der Waals surface area contributed by atoms with Gasteiger partial charge in [0.05, 0.1) is 5.51 Å². The van der Waals surface area contributed by atoms with Crippen molar-refractivity contribution in [2.45, 2.75) is 19.8 Å². The summed E-state index contributed by atoms with van der Waals surface area (Å²) in [5.41, 5.74) is 3.79. The third-order valence-corrected chi connectivity index (χ3v) is 3.28. The van der Waals surface area contributed by atoms with Crippen LogP contribution in [0.2, 0.25) is 0 Å². The molecule has 2 rings (SSSR count). The fourth-order valence-electron chi connectivity index (χ4n) is 1.52. The molecule has 2 nitrogen and oxygen atoms in total. The highest BCUT2D eigenvalue weighted by molar-refractivity contribution is 7.09. The maximum atomic E-state index is 11.9. The molecule has 0 atom stereocenters. The molecule has 1 aromatic heterocycles. The molecule has 0 saturated carbocycles. The Morgan fingerprint density at radius 1 is 1.31 bits per heavy atom. The van der Waals surface area contributed by atoms with Crippen LogP contribution in [0.25, 0.3) is 0 Å². The third kappa shape index (κ3) is 2.55. The van der Waals surface area contributed by atoms with Crippen molar-refractivity contribution >= 4 is 17.1 Å². The molecule has 0 aliphatic heterocycles. The molecule has 0 fully saturated rings. The number of Topliss-reactive ketones (excluding diaryl/α,β-unsaturated/α-hetero) is 1. The van der Waals surface area contributed by atoms with Gasteiger partial charge in [0.15, 0.2) is 5.78 Å². The highest BCUT2D eigenvalue weighted by Gasteiger charge is 2.07. The van der Waals surface area contributed by atoms with Gasteiger partial charge in [0.2, 0.25) is 0 Å². The van der Waals surface area contributed by atoms with E-state index in [1.165, 1.54) is 16.9 Å². The van der Waals surface area contributed by atoms with Gasteiger partial charge < -0.3 is 0 Å². The maximum Gasteiger partial charge on any atom is 0.168 e. The summed E-state index contributed by atoms with van der Waals surface area (Å²) in [6.45, 7) is 2.11. The first-order chi connectivity index (χ1) is 7.79. The highest BCUT2D eigenvalue weighted by Crippen LogP contribution is 2.12. The van der Waals surface area contributed by atoms with E-state index in [2.05, 4.69) is 11.9 Å². The molecule has 3 heteroatoms. The van der Waals surface area contributed by atoms with Crippen LogP contribution in [0.5, 0.6) is 0 Å². The van der Waals surface area contributed by atoms with Gasteiger partial charge in [-0.15, -0.1) is 11.3 Å². The van der Waals surface area contributed by atoms with Crippen molar-refractivity contribution in [2.24, 2.45) is 0 Å². The number of nitrogens with zero attached hydrogens (tertiary/aromatic N) is 1. The van der Waals surface area contributed by atoms with Crippen molar-refractivity contribution in [3.8, 4) is 0 Å². The zero-order chi connectivity index (χ0) is 11.4. The summed E-state index contributed by atoms with van der Waals surface area (Å²) in [6, 6.07) is 7.84. The number of carbonyl (C=O) groups is 1. The normalized spacial score (nSPS) is 10.3. The quantitative estimate of drug-likeness (QED) is 0.757. The number of aromatic nitrogens is 1. The standard InChI is InChI=1S/C13H13NOS/c1-2-10-3-5-11(6-4-10)13(15)7-12-8-14-9-16-12/h3-6,8-9H,2,7H2,1H3. The number of aryl methyl sites for hydroxylation is 1. The van der Waals surface area contributed by atoms with Crippen molar-refractivity contribution in [3.63, 3.8) is 0 Å². The SMILES string of the molecule is CCc1ccc(C(=O)Cc2cncs2)cc1. The van der Waals surface area contributed by atoms with Gasteiger partial charge in [-0.2, -0.15) is 0 Å². The first-order valence-corrected chi connectivity index (χ1v) is 6.17. The van der Waals surface area contributed by atoms with E-state index in [1.54, 1.807) is 11.7 Å². The van der Waals surface area contributed by atoms with E-state index in [4.69, 9.17) is 0 Å². The molecule has 0 saturated heterocycles. The first kappa shape index (κ1) is 11.0. The van der Waals surface area contributed by atoms with E-state index >= 15 is 0 Å². The predicted molar refractivity (Wildman–Crippen MR) is 66.0 cm³/mol. The molecular formula is C13H13NOS. The summed E-state index contributed by atoms with van der Waals surface area (Å²) in [5.74, 6) is 0.159. The van der Waals surface area contributed by atoms with Crippen LogP contribution < -0.4 is 0 Å². The van der Waals surface area contributed by atoms with Crippen LogP contribution in [0.4, 0.5) is 0 Å². The largest absolute Gasteiger partial charge is 0.294 e. The van der Waals surface area contributed by atoms with E-state index in [0.717, 1.165) is 16.9 Å². The second-order valence-corrected chi connectivity index (χ2v) is 4.59. The number of ketones is 1. The highest BCUT2D eigenvalue weighted by atomic mass is 32.1. The minimum atomic E-state index is 0.159. The molecule has 0 N–H and O–H groups in total. The molecule has 0 amide bonds. The molecule has 0 aliphatic carbocycles. The summed E-state index contributed by atoms with van der Waals surface area (Å²) in [5, 5.41) is 0. The molecule has 82 valence electrons. The number of benzene rings is 1. The maximum absolute atomic E-state index is 11.9. The smallest absolute Gasteiger partial charge is 0.168 e. The third-order valence-electron chi connectivity index (χ3n) is 2.50. The number of hydrogen-bond acceptors (Lipinski definition) is 3. The molecule has 0 radical (unpaired) electrons. The van der Waals surface area contributed by atoms with Gasteiger partial charge in [0.1, 0.15) is 0 Å². The minimum absolute atomic E-state index is 0.159. The summed E-state index contributed by atoms with van der Waals surface area (Å²) < 4.78 is 0. The van der Waals surface area contributed by atoms with Gasteiger partial charge in [-0.3, -0.25) is 9.78 Å². The topological polar surface area (TPSA) is 30.0 Å². The number of thiazole rings is 1. The van der Waals surface area contributed by atoms with Gasteiger partial charge in [0, 0.05) is 23.1 Å². The summed E-state index contributed by atoms with van der Waals surface area (Å²) >= 11 is 1.52. The Kier molecular flexibility index (Phi) is 3.47. The van der Waals surface area contributed by atoms with E-state index in [1.807, 2.05) is 24.3 Å². The average molecular weight is 231 g/mol. The van der Waals surface area contributed by atoms with E-state index in [9.17, 15) is 4.79 Å². The van der Waals surface area contributed by atoms with E-state index < -0.39 is 0 Å². The first-order valence-electron chi connectivity index (χ1n) is 5.29. The zero-order valence-electron chi connectivity index (χ0n) is 9.14. The lowest BCUT2D eigenvalue weighted by Crippen LogP contribution is -2.02. The number of carbonyl (C=O) groups excluding carboxylic acids is 1. The predicted octanol–water partition coefficient (Wildman–Crippen LogP) is 3.13. The Hall–Kier alpha value is -1.48. The average Bonchev–Trinajstić information content (AvgIpc) is 2.82. The van der Waals surface area contributed by atoms with Crippen molar-refractivity contribution in [1.29, 1.82) is 0 Å². The van der Waals surface area contributed by atoms with E-state index in [0.29, 0.717) is 6.42 Å².